The first kappa shape index (κ1) is 29.0. The van der Waals surface area contributed by atoms with Gasteiger partial charge in [-0.15, -0.1) is 0 Å². The van der Waals surface area contributed by atoms with Crippen LogP contribution in [0.15, 0.2) is 36.4 Å². The van der Waals surface area contributed by atoms with E-state index >= 15 is 0 Å². The largest absolute Gasteiger partial charge is 0.493 e. The number of nitrogens with zero attached hydrogens (tertiary/aromatic N) is 4. The highest BCUT2D eigenvalue weighted by Gasteiger charge is 2.40. The Hall–Kier alpha value is -4.06. The van der Waals surface area contributed by atoms with E-state index in [4.69, 9.17) is 4.74 Å². The summed E-state index contributed by atoms with van der Waals surface area (Å²) in [5.41, 5.74) is 1.61. The molecule has 3 fully saturated rings. The molecular weight excluding hydrogens is 560 g/mol. The Morgan fingerprint density at radius 3 is 2.58 bits per heavy atom. The molecule has 6 rings (SSSR count). The number of carbonyl (C=O) groups excluding carboxylic acids is 4. The van der Waals surface area contributed by atoms with Crippen LogP contribution in [0.1, 0.15) is 48.0 Å². The van der Waals surface area contributed by atoms with Gasteiger partial charge in [0.1, 0.15) is 23.4 Å². The summed E-state index contributed by atoms with van der Waals surface area (Å²) in [7, 11) is 0. The van der Waals surface area contributed by atoms with E-state index in [0.717, 1.165) is 31.0 Å². The van der Waals surface area contributed by atoms with Gasteiger partial charge in [-0.3, -0.25) is 29.4 Å². The number of amides is 4. The van der Waals surface area contributed by atoms with Gasteiger partial charge in [0.25, 0.3) is 5.91 Å². The summed E-state index contributed by atoms with van der Waals surface area (Å²) in [6, 6.07) is 8.01. The number of ether oxygens (including phenoxy) is 1. The predicted octanol–water partition coefficient (Wildman–Crippen LogP) is 2.31. The molecule has 4 aliphatic rings. The van der Waals surface area contributed by atoms with Crippen LogP contribution in [0.5, 0.6) is 5.75 Å². The van der Waals surface area contributed by atoms with Crippen molar-refractivity contribution in [3.8, 4) is 5.75 Å². The molecule has 2 aromatic carbocycles. The molecule has 2 atom stereocenters. The average Bonchev–Trinajstić information content (AvgIpc) is 3.60. The molecule has 0 spiro atoms. The van der Waals surface area contributed by atoms with E-state index in [1.54, 1.807) is 12.1 Å². The van der Waals surface area contributed by atoms with Crippen LogP contribution in [-0.2, 0) is 20.9 Å². The number of benzene rings is 2. The third-order valence-electron chi connectivity index (χ3n) is 8.88. The van der Waals surface area contributed by atoms with E-state index in [-0.39, 0.29) is 36.7 Å². The maximum atomic E-state index is 14.2. The number of hydrogen-bond acceptors (Lipinski definition) is 7. The van der Waals surface area contributed by atoms with Gasteiger partial charge in [-0.25, -0.2) is 8.78 Å². The quantitative estimate of drug-likeness (QED) is 0.369. The number of rotatable bonds is 8. The maximum absolute atomic E-state index is 14.2. The Morgan fingerprint density at radius 1 is 1.00 bits per heavy atom. The summed E-state index contributed by atoms with van der Waals surface area (Å²) in [4.78, 5) is 57.8. The summed E-state index contributed by atoms with van der Waals surface area (Å²) in [6.07, 6.45) is 2.92. The predicted molar refractivity (Wildman–Crippen MR) is 152 cm³/mol. The second-order valence-electron chi connectivity index (χ2n) is 11.5. The molecule has 228 valence electrons. The second kappa shape index (κ2) is 12.3. The Bertz CT molecular complexity index is 1430. The first-order valence-electron chi connectivity index (χ1n) is 14.9. The topological polar surface area (TPSA) is 102 Å². The van der Waals surface area contributed by atoms with Crippen molar-refractivity contribution in [3.05, 3.63) is 59.2 Å². The molecule has 0 aliphatic carbocycles. The minimum absolute atomic E-state index is 0.0885. The number of nitrogens with one attached hydrogen (secondary N) is 1. The van der Waals surface area contributed by atoms with Crippen molar-refractivity contribution in [1.82, 2.24) is 20.0 Å². The molecule has 12 heteroatoms. The van der Waals surface area contributed by atoms with Crippen LogP contribution in [0.4, 0.5) is 14.5 Å². The molecule has 4 amide bonds. The van der Waals surface area contributed by atoms with E-state index in [9.17, 15) is 28.0 Å². The smallest absolute Gasteiger partial charge is 0.255 e. The summed E-state index contributed by atoms with van der Waals surface area (Å²) in [5.74, 6) is -1.52. The summed E-state index contributed by atoms with van der Waals surface area (Å²) < 4.78 is 33.6. The molecule has 10 nitrogen and oxygen atoms in total. The Kier molecular flexibility index (Phi) is 8.29. The number of imide groups is 1. The molecule has 4 heterocycles. The van der Waals surface area contributed by atoms with Crippen LogP contribution in [0, 0.1) is 11.6 Å². The molecule has 0 aromatic heterocycles. The van der Waals surface area contributed by atoms with Crippen LogP contribution in [0.2, 0.25) is 0 Å². The van der Waals surface area contributed by atoms with E-state index in [0.29, 0.717) is 69.2 Å². The minimum Gasteiger partial charge on any atom is -0.493 e. The Labute approximate surface area is 248 Å². The highest BCUT2D eigenvalue weighted by molar-refractivity contribution is 6.05. The van der Waals surface area contributed by atoms with E-state index in [1.165, 1.54) is 17.0 Å². The standard InChI is InChI=1S/C31H35F2N5O5/c32-20-7-8-24(23(33)18-20)36-13-15-37(16-14-36)31(42)26-5-2-11-35(26)12-3-17-43-27-6-1-4-21-22(27)19-38(30(21)41)25-9-10-28(39)34-29(25)40/h1,4,6-8,18,25-26H,2-3,5,9-17,19H2,(H,34,39,40)/t25?,26-/m1/s1. The van der Waals surface area contributed by atoms with Gasteiger partial charge in [-0.1, -0.05) is 6.07 Å². The zero-order valence-electron chi connectivity index (χ0n) is 23.9. The lowest BCUT2D eigenvalue weighted by molar-refractivity contribution is -0.137. The van der Waals surface area contributed by atoms with Crippen LogP contribution in [-0.4, -0.2) is 96.3 Å². The van der Waals surface area contributed by atoms with E-state index in [1.807, 2.05) is 15.9 Å². The fraction of sp³-hybridized carbons (Fsp3) is 0.484. The van der Waals surface area contributed by atoms with Crippen LogP contribution >= 0.6 is 0 Å². The maximum Gasteiger partial charge on any atom is 0.255 e. The fourth-order valence-corrected chi connectivity index (χ4v) is 6.63. The number of carbonyl (C=O) groups is 4. The number of fused-ring (bicyclic) bond motifs is 1. The Balaban J connectivity index is 0.991. The summed E-state index contributed by atoms with van der Waals surface area (Å²) in [6.45, 7) is 4.11. The monoisotopic (exact) mass is 595 g/mol. The third-order valence-corrected chi connectivity index (χ3v) is 8.88. The lowest BCUT2D eigenvalue weighted by atomic mass is 10.0. The highest BCUT2D eigenvalue weighted by Crippen LogP contribution is 2.34. The van der Waals surface area contributed by atoms with Crippen LogP contribution in [0.25, 0.3) is 0 Å². The van der Waals surface area contributed by atoms with Crippen LogP contribution < -0.4 is 15.0 Å². The second-order valence-corrected chi connectivity index (χ2v) is 11.5. The molecule has 0 bridgehead atoms. The fourth-order valence-electron chi connectivity index (χ4n) is 6.63. The first-order valence-corrected chi connectivity index (χ1v) is 14.9. The normalized spacial score (nSPS) is 22.7. The third kappa shape index (κ3) is 5.93. The van der Waals surface area contributed by atoms with Crippen LogP contribution in [0.3, 0.4) is 0 Å². The lowest BCUT2D eigenvalue weighted by Crippen LogP contribution is -2.54. The first-order chi connectivity index (χ1) is 20.8. The molecule has 2 aromatic rings. The van der Waals surface area contributed by atoms with Crippen molar-refractivity contribution in [2.24, 2.45) is 0 Å². The molecule has 4 aliphatic heterocycles. The van der Waals surface area contributed by atoms with E-state index < -0.39 is 23.6 Å². The summed E-state index contributed by atoms with van der Waals surface area (Å²) in [5, 5.41) is 2.32. The zero-order chi connectivity index (χ0) is 30.1. The molecule has 1 N–H and O–H groups in total. The lowest BCUT2D eigenvalue weighted by Gasteiger charge is -2.38. The summed E-state index contributed by atoms with van der Waals surface area (Å²) >= 11 is 0. The van der Waals surface area contributed by atoms with Crippen molar-refractivity contribution >= 4 is 29.3 Å². The number of piperidine rings is 1. The number of likely N-dealkylation sites (tertiary alicyclic amines) is 1. The molecule has 43 heavy (non-hydrogen) atoms. The van der Waals surface area contributed by atoms with Crippen molar-refractivity contribution in [1.29, 1.82) is 0 Å². The van der Waals surface area contributed by atoms with Gasteiger partial charge in [0.15, 0.2) is 0 Å². The number of halogens is 2. The highest BCUT2D eigenvalue weighted by atomic mass is 19.1. The van der Waals surface area contributed by atoms with Crippen molar-refractivity contribution in [2.45, 2.75) is 50.7 Å². The average molecular weight is 596 g/mol. The molecule has 1 unspecified atom stereocenters. The molecular formula is C31H35F2N5O5. The number of anilines is 1. The number of piperazine rings is 1. The zero-order valence-corrected chi connectivity index (χ0v) is 23.9. The van der Waals surface area contributed by atoms with Gasteiger partial charge in [-0.05, 0) is 56.5 Å². The van der Waals surface area contributed by atoms with Gasteiger partial charge in [0.2, 0.25) is 17.7 Å². The molecule has 0 saturated carbocycles. The van der Waals surface area contributed by atoms with Gasteiger partial charge >= 0.3 is 0 Å². The van der Waals surface area contributed by atoms with Gasteiger partial charge in [0, 0.05) is 56.3 Å². The molecule has 3 saturated heterocycles. The Morgan fingerprint density at radius 2 is 1.81 bits per heavy atom. The van der Waals surface area contributed by atoms with Gasteiger partial charge in [0.05, 0.1) is 24.9 Å². The number of hydrogen-bond donors (Lipinski definition) is 1. The van der Waals surface area contributed by atoms with Crippen molar-refractivity contribution in [3.63, 3.8) is 0 Å². The van der Waals surface area contributed by atoms with Gasteiger partial charge < -0.3 is 19.4 Å². The van der Waals surface area contributed by atoms with Gasteiger partial charge in [-0.2, -0.15) is 0 Å². The van der Waals surface area contributed by atoms with Crippen molar-refractivity contribution < 1.29 is 32.7 Å². The SMILES string of the molecule is O=C1CCC(N2Cc3c(OCCCN4CCC[C@@H]4C(=O)N4CCN(c5ccc(F)cc5F)CC4)cccc3C2=O)C(=O)N1. The van der Waals surface area contributed by atoms with E-state index in [2.05, 4.69) is 10.2 Å². The van der Waals surface area contributed by atoms with Crippen molar-refractivity contribution in [2.75, 3.05) is 50.8 Å². The minimum atomic E-state index is -0.679. The molecule has 0 radical (unpaired) electrons.